The molecular weight excluding hydrogens is 412 g/mol. The molecule has 3 aromatic heterocycles. The van der Waals surface area contributed by atoms with Gasteiger partial charge in [-0.2, -0.15) is 0 Å². The van der Waals surface area contributed by atoms with E-state index in [0.717, 1.165) is 59.9 Å². The smallest absolute Gasteiger partial charge is 0.270 e. The van der Waals surface area contributed by atoms with Gasteiger partial charge in [-0.1, -0.05) is 12.1 Å². The number of pyridine rings is 1. The highest BCUT2D eigenvalue weighted by atomic mass is 16.2. The van der Waals surface area contributed by atoms with Crippen molar-refractivity contribution in [2.75, 3.05) is 26.2 Å². The first kappa shape index (κ1) is 21.3. The quantitative estimate of drug-likeness (QED) is 0.511. The highest BCUT2D eigenvalue weighted by molar-refractivity contribution is 5.98. The minimum atomic E-state index is 0.0718. The predicted octanol–water partition coefficient (Wildman–Crippen LogP) is 3.78. The Morgan fingerprint density at radius 2 is 1.82 bits per heavy atom. The van der Waals surface area contributed by atoms with E-state index in [4.69, 9.17) is 0 Å². The van der Waals surface area contributed by atoms with Gasteiger partial charge in [-0.15, -0.1) is 0 Å². The number of hydrogen-bond acceptors (Lipinski definition) is 5. The molecule has 33 heavy (non-hydrogen) atoms. The average Bonchev–Trinajstić information content (AvgIpc) is 3.28. The summed E-state index contributed by atoms with van der Waals surface area (Å²) in [5, 5.41) is 1.03. The third-order valence-corrected chi connectivity index (χ3v) is 6.24. The number of hydrogen-bond donors (Lipinski definition) is 1. The van der Waals surface area contributed by atoms with Crippen LogP contribution in [0, 0.1) is 0 Å². The van der Waals surface area contributed by atoms with Crippen molar-refractivity contribution in [2.24, 2.45) is 0 Å². The summed E-state index contributed by atoms with van der Waals surface area (Å²) in [5.41, 5.74) is 4.36. The van der Waals surface area contributed by atoms with Crippen molar-refractivity contribution in [1.82, 2.24) is 29.7 Å². The lowest BCUT2D eigenvalue weighted by molar-refractivity contribution is 0.0591. The maximum Gasteiger partial charge on any atom is 0.270 e. The van der Waals surface area contributed by atoms with Gasteiger partial charge in [0.15, 0.2) is 0 Å². The third-order valence-electron chi connectivity index (χ3n) is 6.24. The van der Waals surface area contributed by atoms with Gasteiger partial charge in [0.2, 0.25) is 0 Å². The summed E-state index contributed by atoms with van der Waals surface area (Å²) in [4.78, 5) is 34.2. The topological polar surface area (TPSA) is 78.0 Å². The number of carbonyl (C=O) groups is 1. The van der Waals surface area contributed by atoms with Crippen LogP contribution in [0.3, 0.4) is 0 Å². The Morgan fingerprint density at radius 3 is 2.58 bits per heavy atom. The minimum absolute atomic E-state index is 0.0718. The largest absolute Gasteiger partial charge is 0.351 e. The molecule has 0 spiro atoms. The Morgan fingerprint density at radius 1 is 0.970 bits per heavy atom. The molecule has 4 heterocycles. The number of nitrogens with zero attached hydrogens (tertiary/aromatic N) is 5. The molecule has 1 N–H and O–H groups in total. The van der Waals surface area contributed by atoms with Crippen LogP contribution in [0.4, 0.5) is 0 Å². The molecule has 0 radical (unpaired) electrons. The van der Waals surface area contributed by atoms with E-state index < -0.39 is 0 Å². The monoisotopic (exact) mass is 440 g/mol. The summed E-state index contributed by atoms with van der Waals surface area (Å²) in [7, 11) is 0. The molecule has 7 nitrogen and oxygen atoms in total. The fourth-order valence-corrected chi connectivity index (χ4v) is 4.34. The second kappa shape index (κ2) is 9.11. The van der Waals surface area contributed by atoms with Gasteiger partial charge in [-0.05, 0) is 55.8 Å². The van der Waals surface area contributed by atoms with E-state index in [2.05, 4.69) is 50.8 Å². The zero-order valence-corrected chi connectivity index (χ0v) is 19.0. The first-order valence-electron chi connectivity index (χ1n) is 11.4. The number of carbonyl (C=O) groups excluding carboxylic acids is 1. The van der Waals surface area contributed by atoms with Gasteiger partial charge in [0.05, 0.1) is 11.4 Å². The van der Waals surface area contributed by atoms with E-state index in [1.807, 2.05) is 41.3 Å². The fourth-order valence-electron chi connectivity index (χ4n) is 4.34. The number of aromatic nitrogens is 4. The lowest BCUT2D eigenvalue weighted by Crippen LogP contribution is -2.50. The summed E-state index contributed by atoms with van der Waals surface area (Å²) in [6.45, 7) is 7.78. The molecule has 0 atom stereocenters. The number of fused-ring (bicyclic) bond motifs is 1. The Bertz CT molecular complexity index is 1260. The van der Waals surface area contributed by atoms with Crippen molar-refractivity contribution in [3.8, 4) is 11.4 Å². The molecule has 0 aliphatic carbocycles. The highest BCUT2D eigenvalue weighted by Gasteiger charge is 2.24. The van der Waals surface area contributed by atoms with E-state index in [1.165, 1.54) is 0 Å². The minimum Gasteiger partial charge on any atom is -0.351 e. The maximum absolute atomic E-state index is 13.0. The zero-order valence-electron chi connectivity index (χ0n) is 19.0. The summed E-state index contributed by atoms with van der Waals surface area (Å²) in [6, 6.07) is 16.3. The third kappa shape index (κ3) is 4.64. The van der Waals surface area contributed by atoms with Gasteiger partial charge in [0, 0.05) is 61.9 Å². The van der Waals surface area contributed by atoms with Crippen LogP contribution in [0.1, 0.15) is 35.7 Å². The van der Waals surface area contributed by atoms with E-state index in [0.29, 0.717) is 18.2 Å². The second-order valence-electron chi connectivity index (χ2n) is 8.78. The molecule has 7 heteroatoms. The van der Waals surface area contributed by atoms with Crippen LogP contribution in [0.5, 0.6) is 0 Å². The molecule has 0 saturated carbocycles. The molecule has 5 rings (SSSR count). The number of benzene rings is 1. The Kier molecular flexibility index (Phi) is 5.88. The lowest BCUT2D eigenvalue weighted by Gasteiger charge is -2.36. The molecule has 1 saturated heterocycles. The van der Waals surface area contributed by atoms with E-state index in [-0.39, 0.29) is 5.91 Å². The zero-order chi connectivity index (χ0) is 22.8. The van der Waals surface area contributed by atoms with Crippen LogP contribution >= 0.6 is 0 Å². The van der Waals surface area contributed by atoms with Crippen LogP contribution in [-0.4, -0.2) is 67.9 Å². The van der Waals surface area contributed by atoms with E-state index >= 15 is 0 Å². The van der Waals surface area contributed by atoms with Gasteiger partial charge >= 0.3 is 0 Å². The maximum atomic E-state index is 13.0. The normalized spacial score (nSPS) is 14.8. The van der Waals surface area contributed by atoms with Crippen LogP contribution in [-0.2, 0) is 6.42 Å². The number of piperazine rings is 1. The first-order chi connectivity index (χ1) is 16.1. The summed E-state index contributed by atoms with van der Waals surface area (Å²) in [5.74, 6) is 0.815. The molecule has 4 aromatic rings. The van der Waals surface area contributed by atoms with Crippen molar-refractivity contribution in [3.63, 3.8) is 0 Å². The van der Waals surface area contributed by atoms with Crippen LogP contribution in [0.25, 0.3) is 22.3 Å². The van der Waals surface area contributed by atoms with Crippen molar-refractivity contribution in [1.29, 1.82) is 0 Å². The van der Waals surface area contributed by atoms with Crippen molar-refractivity contribution in [3.05, 3.63) is 78.0 Å². The van der Waals surface area contributed by atoms with Crippen LogP contribution < -0.4 is 0 Å². The Balaban J connectivity index is 1.31. The first-order valence-corrected chi connectivity index (χ1v) is 11.4. The SMILES string of the molecule is CC(C)N1CCN(C(=O)c2cc3cc(Cc4nccc(-c5ccccn5)n4)ccc3[nH]2)CC1. The molecule has 1 amide bonds. The molecule has 1 aliphatic rings. The number of H-pyrrole nitrogens is 1. The van der Waals surface area contributed by atoms with Gasteiger partial charge in [0.25, 0.3) is 5.91 Å². The van der Waals surface area contributed by atoms with Crippen molar-refractivity contribution >= 4 is 16.8 Å². The Labute approximate surface area is 193 Å². The van der Waals surface area contributed by atoms with E-state index in [1.54, 1.807) is 12.4 Å². The molecule has 0 bridgehead atoms. The van der Waals surface area contributed by atoms with Crippen LogP contribution in [0.15, 0.2) is 60.9 Å². The molecule has 1 aliphatic heterocycles. The molecule has 1 aromatic carbocycles. The number of nitrogens with one attached hydrogen (secondary N) is 1. The fraction of sp³-hybridized carbons (Fsp3) is 0.308. The standard InChI is InChI=1S/C26H28N6O/c1-18(2)31-11-13-32(14-12-31)26(33)24-17-20-15-19(6-7-21(20)29-24)16-25-28-10-8-23(30-25)22-5-3-4-9-27-22/h3-10,15,17-18,29H,11-14,16H2,1-2H3. The number of amides is 1. The molecule has 1 fully saturated rings. The molecule has 0 unspecified atom stereocenters. The molecular formula is C26H28N6O. The lowest BCUT2D eigenvalue weighted by atomic mass is 10.1. The summed E-state index contributed by atoms with van der Waals surface area (Å²) < 4.78 is 0. The van der Waals surface area contributed by atoms with Gasteiger partial charge in [-0.25, -0.2) is 9.97 Å². The second-order valence-corrected chi connectivity index (χ2v) is 8.78. The van der Waals surface area contributed by atoms with Gasteiger partial charge in [0.1, 0.15) is 11.5 Å². The van der Waals surface area contributed by atoms with Gasteiger partial charge in [-0.3, -0.25) is 14.7 Å². The average molecular weight is 441 g/mol. The number of aromatic amines is 1. The van der Waals surface area contributed by atoms with Crippen LogP contribution in [0.2, 0.25) is 0 Å². The molecule has 168 valence electrons. The number of rotatable bonds is 5. The Hall–Kier alpha value is -3.58. The van der Waals surface area contributed by atoms with Crippen molar-refractivity contribution < 1.29 is 4.79 Å². The van der Waals surface area contributed by atoms with Gasteiger partial charge < -0.3 is 9.88 Å². The predicted molar refractivity (Wildman–Crippen MR) is 129 cm³/mol. The van der Waals surface area contributed by atoms with E-state index in [9.17, 15) is 4.79 Å². The highest BCUT2D eigenvalue weighted by Crippen LogP contribution is 2.21. The summed E-state index contributed by atoms with van der Waals surface area (Å²) >= 11 is 0. The van der Waals surface area contributed by atoms with Crippen molar-refractivity contribution in [2.45, 2.75) is 26.3 Å². The summed E-state index contributed by atoms with van der Waals surface area (Å²) in [6.07, 6.45) is 4.15.